The van der Waals surface area contributed by atoms with Crippen LogP contribution >= 0.6 is 0 Å². The zero-order valence-corrected chi connectivity index (χ0v) is 11.7. The lowest BCUT2D eigenvalue weighted by atomic mass is 10.1. The molecule has 0 fully saturated rings. The van der Waals surface area contributed by atoms with Crippen molar-refractivity contribution in [1.29, 1.82) is 0 Å². The fourth-order valence-corrected chi connectivity index (χ4v) is 2.07. The van der Waals surface area contributed by atoms with Gasteiger partial charge in [-0.3, -0.25) is 9.48 Å². The number of halogens is 1. The highest BCUT2D eigenvalue weighted by Crippen LogP contribution is 2.23. The zero-order chi connectivity index (χ0) is 14.9. The molecule has 2 rings (SSSR count). The van der Waals surface area contributed by atoms with E-state index in [1.165, 1.54) is 21.7 Å². The summed E-state index contributed by atoms with van der Waals surface area (Å²) in [6, 6.07) is 7.53. The maximum atomic E-state index is 13.8. The van der Waals surface area contributed by atoms with Gasteiger partial charge in [-0.2, -0.15) is 5.10 Å². The van der Waals surface area contributed by atoms with E-state index >= 15 is 0 Å². The molecule has 0 spiro atoms. The molecular weight excluding hydrogens is 259 g/mol. The van der Waals surface area contributed by atoms with E-state index in [4.69, 9.17) is 5.73 Å². The van der Waals surface area contributed by atoms with Crippen molar-refractivity contribution in [2.24, 2.45) is 7.05 Å². The monoisotopic (exact) mass is 276 g/mol. The molecule has 0 radical (unpaired) electrons. The molecule has 6 heteroatoms. The molecule has 5 nitrogen and oxygen atoms in total. The molecule has 20 heavy (non-hydrogen) atoms. The Labute approximate surface area is 116 Å². The van der Waals surface area contributed by atoms with Crippen LogP contribution < -0.4 is 5.73 Å². The van der Waals surface area contributed by atoms with Gasteiger partial charge in [0.1, 0.15) is 17.3 Å². The van der Waals surface area contributed by atoms with Crippen LogP contribution in [0, 0.1) is 5.82 Å². The van der Waals surface area contributed by atoms with E-state index in [2.05, 4.69) is 5.10 Å². The molecule has 0 saturated heterocycles. The lowest BCUT2D eigenvalue weighted by Gasteiger charge is -2.25. The van der Waals surface area contributed by atoms with Crippen molar-refractivity contribution in [3.05, 3.63) is 47.4 Å². The van der Waals surface area contributed by atoms with Crippen LogP contribution in [0.1, 0.15) is 29.0 Å². The molecule has 0 aliphatic carbocycles. The van der Waals surface area contributed by atoms with Gasteiger partial charge in [-0.1, -0.05) is 18.2 Å². The first kappa shape index (κ1) is 14.0. The summed E-state index contributed by atoms with van der Waals surface area (Å²) in [6.45, 7) is 1.77. The van der Waals surface area contributed by atoms with Crippen molar-refractivity contribution in [2.75, 3.05) is 12.8 Å². The largest absolute Gasteiger partial charge is 0.382 e. The van der Waals surface area contributed by atoms with Crippen LogP contribution in [0.5, 0.6) is 0 Å². The Morgan fingerprint density at radius 2 is 2.10 bits per heavy atom. The number of carbonyl (C=O) groups is 1. The van der Waals surface area contributed by atoms with E-state index in [9.17, 15) is 9.18 Å². The van der Waals surface area contributed by atoms with E-state index in [-0.39, 0.29) is 23.6 Å². The molecule has 1 heterocycles. The van der Waals surface area contributed by atoms with Crippen molar-refractivity contribution in [1.82, 2.24) is 14.7 Å². The second-order valence-electron chi connectivity index (χ2n) is 4.69. The third kappa shape index (κ3) is 2.49. The minimum Gasteiger partial charge on any atom is -0.382 e. The molecular formula is C14H17FN4O. The molecule has 0 saturated carbocycles. The molecule has 1 aromatic heterocycles. The second kappa shape index (κ2) is 5.32. The van der Waals surface area contributed by atoms with Gasteiger partial charge >= 0.3 is 0 Å². The van der Waals surface area contributed by atoms with E-state index in [0.717, 1.165) is 0 Å². The van der Waals surface area contributed by atoms with Crippen molar-refractivity contribution < 1.29 is 9.18 Å². The summed E-state index contributed by atoms with van der Waals surface area (Å²) >= 11 is 0. The van der Waals surface area contributed by atoms with Gasteiger partial charge in [0.05, 0.1) is 6.04 Å². The number of amides is 1. The summed E-state index contributed by atoms with van der Waals surface area (Å²) in [4.78, 5) is 13.9. The average molecular weight is 276 g/mol. The van der Waals surface area contributed by atoms with Crippen LogP contribution in [-0.4, -0.2) is 27.6 Å². The summed E-state index contributed by atoms with van der Waals surface area (Å²) in [6.07, 6.45) is 0. The van der Waals surface area contributed by atoms with Crippen LogP contribution in [0.4, 0.5) is 10.2 Å². The minimum atomic E-state index is -0.389. The molecule has 1 amide bonds. The molecule has 0 aliphatic rings. The topological polar surface area (TPSA) is 64.2 Å². The minimum absolute atomic E-state index is 0.257. The first-order valence-corrected chi connectivity index (χ1v) is 6.23. The summed E-state index contributed by atoms with van der Waals surface area (Å²) < 4.78 is 15.2. The SMILES string of the molecule is CC(c1ccccc1F)N(C)C(=O)c1cc(N)nn1C. The number of hydrogen-bond acceptors (Lipinski definition) is 3. The van der Waals surface area contributed by atoms with E-state index < -0.39 is 0 Å². The van der Waals surface area contributed by atoms with Crippen LogP contribution in [0.15, 0.2) is 30.3 Å². The van der Waals surface area contributed by atoms with E-state index in [0.29, 0.717) is 11.3 Å². The fraction of sp³-hybridized carbons (Fsp3) is 0.286. The summed E-state index contributed by atoms with van der Waals surface area (Å²) in [7, 11) is 3.27. The molecule has 1 atom stereocenters. The third-order valence-corrected chi connectivity index (χ3v) is 3.37. The predicted molar refractivity (Wildman–Crippen MR) is 74.5 cm³/mol. The second-order valence-corrected chi connectivity index (χ2v) is 4.69. The van der Waals surface area contributed by atoms with Crippen molar-refractivity contribution in [3.8, 4) is 0 Å². The van der Waals surface area contributed by atoms with Gasteiger partial charge in [-0.25, -0.2) is 4.39 Å². The summed E-state index contributed by atoms with van der Waals surface area (Å²) in [5, 5.41) is 3.94. The smallest absolute Gasteiger partial charge is 0.272 e. The number of anilines is 1. The third-order valence-electron chi connectivity index (χ3n) is 3.37. The van der Waals surface area contributed by atoms with Crippen LogP contribution in [0.25, 0.3) is 0 Å². The Bertz CT molecular complexity index is 638. The van der Waals surface area contributed by atoms with Gasteiger partial charge < -0.3 is 10.6 Å². The number of aryl methyl sites for hydroxylation is 1. The standard InChI is InChI=1S/C14H17FN4O/c1-9(10-6-4-5-7-11(10)15)18(2)14(20)12-8-13(16)17-19(12)3/h4-9H,1-3H3,(H2,16,17). The molecule has 0 aliphatic heterocycles. The normalized spacial score (nSPS) is 12.2. The number of nitrogens with two attached hydrogens (primary N) is 1. The Balaban J connectivity index is 2.27. The van der Waals surface area contributed by atoms with Crippen LogP contribution in [0.3, 0.4) is 0 Å². The van der Waals surface area contributed by atoms with Gasteiger partial charge in [0.25, 0.3) is 5.91 Å². The molecule has 1 unspecified atom stereocenters. The highest BCUT2D eigenvalue weighted by Gasteiger charge is 2.23. The highest BCUT2D eigenvalue weighted by atomic mass is 19.1. The quantitative estimate of drug-likeness (QED) is 0.932. The average Bonchev–Trinajstić information content (AvgIpc) is 2.76. The lowest BCUT2D eigenvalue weighted by molar-refractivity contribution is 0.0729. The molecule has 2 N–H and O–H groups in total. The molecule has 2 aromatic rings. The lowest BCUT2D eigenvalue weighted by Crippen LogP contribution is -2.31. The van der Waals surface area contributed by atoms with Crippen LogP contribution in [0.2, 0.25) is 0 Å². The highest BCUT2D eigenvalue weighted by molar-refractivity contribution is 5.93. The Morgan fingerprint density at radius 3 is 2.65 bits per heavy atom. The molecule has 106 valence electrons. The van der Waals surface area contributed by atoms with Gasteiger partial charge in [-0.15, -0.1) is 0 Å². The molecule has 1 aromatic carbocycles. The number of nitrogen functional groups attached to an aromatic ring is 1. The number of nitrogens with zero attached hydrogens (tertiary/aromatic N) is 3. The van der Waals surface area contributed by atoms with Crippen LogP contribution in [-0.2, 0) is 7.05 Å². The van der Waals surface area contributed by atoms with Gasteiger partial charge in [0.15, 0.2) is 0 Å². The number of rotatable bonds is 3. The maximum Gasteiger partial charge on any atom is 0.272 e. The number of hydrogen-bond donors (Lipinski definition) is 1. The number of carbonyl (C=O) groups excluding carboxylic acids is 1. The van der Waals surface area contributed by atoms with E-state index in [1.54, 1.807) is 39.2 Å². The van der Waals surface area contributed by atoms with Gasteiger partial charge in [-0.05, 0) is 13.0 Å². The maximum absolute atomic E-state index is 13.8. The van der Waals surface area contributed by atoms with Crippen molar-refractivity contribution in [2.45, 2.75) is 13.0 Å². The number of aromatic nitrogens is 2. The Kier molecular flexibility index (Phi) is 3.74. The molecule has 0 bridgehead atoms. The first-order valence-electron chi connectivity index (χ1n) is 6.23. The Morgan fingerprint density at radius 1 is 1.45 bits per heavy atom. The van der Waals surface area contributed by atoms with E-state index in [1.807, 2.05) is 0 Å². The Hall–Kier alpha value is -2.37. The predicted octanol–water partition coefficient (Wildman–Crippen LogP) is 1.97. The summed E-state index contributed by atoms with van der Waals surface area (Å²) in [5.74, 6) is -0.306. The first-order chi connectivity index (χ1) is 9.41. The number of benzene rings is 1. The zero-order valence-electron chi connectivity index (χ0n) is 11.7. The fourth-order valence-electron chi connectivity index (χ4n) is 2.07. The van der Waals surface area contributed by atoms with Gasteiger partial charge in [0, 0.05) is 25.7 Å². The van der Waals surface area contributed by atoms with Gasteiger partial charge in [0.2, 0.25) is 0 Å². The van der Waals surface area contributed by atoms with Crippen molar-refractivity contribution in [3.63, 3.8) is 0 Å². The summed E-state index contributed by atoms with van der Waals surface area (Å²) in [5.41, 5.74) is 6.41. The van der Waals surface area contributed by atoms with Crippen molar-refractivity contribution >= 4 is 11.7 Å².